The molecule has 0 fully saturated rings. The zero-order valence-corrected chi connectivity index (χ0v) is 14.3. The van der Waals surface area contributed by atoms with Gasteiger partial charge in [-0.3, -0.25) is 0 Å². The van der Waals surface area contributed by atoms with Gasteiger partial charge in [0.05, 0.1) is 0 Å². The average Bonchev–Trinajstić information content (AvgIpc) is 2.27. The van der Waals surface area contributed by atoms with Crippen LogP contribution < -0.4 is 0 Å². The maximum atomic E-state index is 11.3. The minimum absolute atomic E-state index is 0.271. The molecule has 3 heteroatoms. The van der Waals surface area contributed by atoms with Crippen LogP contribution in [0.3, 0.4) is 0 Å². The summed E-state index contributed by atoms with van der Waals surface area (Å²) in [5, 5.41) is 0. The van der Waals surface area contributed by atoms with Crippen molar-refractivity contribution in [2.24, 2.45) is 0 Å². The van der Waals surface area contributed by atoms with E-state index in [0.717, 1.165) is 9.15 Å². The summed E-state index contributed by atoms with van der Waals surface area (Å²) in [5.41, 5.74) is 4.02. The molecule has 1 aromatic carbocycles. The van der Waals surface area contributed by atoms with Gasteiger partial charge in [-0.25, -0.2) is 0 Å². The van der Waals surface area contributed by atoms with Gasteiger partial charge in [0.15, 0.2) is 0 Å². The van der Waals surface area contributed by atoms with Crippen molar-refractivity contribution in [2.75, 3.05) is 0 Å². The van der Waals surface area contributed by atoms with Crippen LogP contribution in [0.2, 0.25) is 14.8 Å². The van der Waals surface area contributed by atoms with Crippen molar-refractivity contribution in [3.63, 3.8) is 0 Å². The van der Waals surface area contributed by atoms with Crippen LogP contribution in [0.25, 0.3) is 0 Å². The third-order valence-corrected chi connectivity index (χ3v) is 8.51. The van der Waals surface area contributed by atoms with Crippen LogP contribution in [0.1, 0.15) is 18.6 Å². The van der Waals surface area contributed by atoms with Crippen molar-refractivity contribution in [3.8, 4) is 0 Å². The molecule has 0 heterocycles. The van der Waals surface area contributed by atoms with Gasteiger partial charge in [-0.1, -0.05) is 0 Å². The molecule has 0 saturated carbocycles. The summed E-state index contributed by atoms with van der Waals surface area (Å²) < 4.78 is 6.58. The number of hydrogen-bond acceptors (Lipinski definition) is 2. The summed E-state index contributed by atoms with van der Waals surface area (Å²) in [6, 6.07) is 9.80. The third-order valence-electron chi connectivity index (χ3n) is 2.65. The van der Waals surface area contributed by atoms with E-state index in [1.807, 2.05) is 30.3 Å². The number of carbonyl (C=O) groups is 1. The van der Waals surface area contributed by atoms with Gasteiger partial charge >= 0.3 is 114 Å². The van der Waals surface area contributed by atoms with Gasteiger partial charge < -0.3 is 0 Å². The molecule has 0 saturated heterocycles. The molecular formula is C15H20O2Sn. The first-order valence-corrected chi connectivity index (χ1v) is 16.0. The molecule has 1 rings (SSSR count). The monoisotopic (exact) mass is 352 g/mol. The van der Waals surface area contributed by atoms with E-state index in [1.165, 1.54) is 6.92 Å². The van der Waals surface area contributed by atoms with Crippen LogP contribution in [0, 0.1) is 0 Å². The van der Waals surface area contributed by atoms with Gasteiger partial charge in [-0.2, -0.15) is 0 Å². The van der Waals surface area contributed by atoms with Gasteiger partial charge in [-0.05, 0) is 0 Å². The summed E-state index contributed by atoms with van der Waals surface area (Å²) in [7, 11) is 0. The average molecular weight is 351 g/mol. The maximum absolute atomic E-state index is 11.3. The van der Waals surface area contributed by atoms with E-state index in [0.29, 0.717) is 0 Å². The molecule has 0 N–H and O–H groups in total. The molecule has 0 spiro atoms. The molecule has 1 atom stereocenters. The summed E-state index contributed by atoms with van der Waals surface area (Å²) in [5.74, 6) is -0.271. The second-order valence-electron chi connectivity index (χ2n) is 5.24. The van der Waals surface area contributed by atoms with E-state index < -0.39 is 18.4 Å². The molecule has 0 aliphatic heterocycles. The fourth-order valence-electron chi connectivity index (χ4n) is 1.84. The van der Waals surface area contributed by atoms with Gasteiger partial charge in [-0.15, -0.1) is 0 Å². The fraction of sp³-hybridized carbons (Fsp3) is 0.333. The molecule has 1 unspecified atom stereocenters. The molecule has 2 nitrogen and oxygen atoms in total. The molecule has 1 aromatic rings. The van der Waals surface area contributed by atoms with Crippen molar-refractivity contribution in [3.05, 3.63) is 51.8 Å². The van der Waals surface area contributed by atoms with E-state index in [9.17, 15) is 4.79 Å². The second-order valence-corrected chi connectivity index (χ2v) is 19.6. The summed E-state index contributed by atoms with van der Waals surface area (Å²) in [6.45, 7) is 5.22. The van der Waals surface area contributed by atoms with Crippen molar-refractivity contribution >= 4 is 24.3 Å². The topological polar surface area (TPSA) is 26.3 Å². The Morgan fingerprint density at radius 1 is 1.28 bits per heavy atom. The van der Waals surface area contributed by atoms with E-state index >= 15 is 0 Å². The van der Waals surface area contributed by atoms with Crippen molar-refractivity contribution < 1.29 is 9.53 Å². The molecule has 0 amide bonds. The molecule has 0 aliphatic rings. The normalized spacial score (nSPS) is 12.4. The molecule has 18 heavy (non-hydrogen) atoms. The number of ether oxygens (including phenoxy) is 1. The van der Waals surface area contributed by atoms with E-state index in [1.54, 1.807) is 0 Å². The van der Waals surface area contributed by atoms with Crippen LogP contribution in [0.4, 0.5) is 0 Å². The van der Waals surface area contributed by atoms with E-state index in [-0.39, 0.29) is 12.1 Å². The summed E-state index contributed by atoms with van der Waals surface area (Å²) in [4.78, 5) is 18.1. The Morgan fingerprint density at radius 2 is 1.83 bits per heavy atom. The van der Waals surface area contributed by atoms with Crippen LogP contribution >= 0.6 is 0 Å². The van der Waals surface area contributed by atoms with Crippen molar-refractivity contribution in [2.45, 2.75) is 27.8 Å². The van der Waals surface area contributed by atoms with Gasteiger partial charge in [0.25, 0.3) is 0 Å². The van der Waals surface area contributed by atoms with Crippen LogP contribution in [-0.4, -0.2) is 24.3 Å². The number of esters is 1. The first-order chi connectivity index (χ1) is 8.36. The number of carbonyl (C=O) groups excluding carboxylic acids is 1. The number of benzene rings is 1. The van der Waals surface area contributed by atoms with Crippen LogP contribution in [0.15, 0.2) is 46.2 Å². The minimum atomic E-state index is -2.39. The third kappa shape index (κ3) is 4.04. The zero-order valence-electron chi connectivity index (χ0n) is 11.5. The van der Waals surface area contributed by atoms with Crippen molar-refractivity contribution in [1.82, 2.24) is 0 Å². The summed E-state index contributed by atoms with van der Waals surface area (Å²) in [6.07, 6.45) is -0.322. The molecule has 0 aliphatic carbocycles. The predicted molar refractivity (Wildman–Crippen MR) is 76.9 cm³/mol. The summed E-state index contributed by atoms with van der Waals surface area (Å²) >= 11 is -2.39. The Bertz CT molecular complexity index is 465. The van der Waals surface area contributed by atoms with Gasteiger partial charge in [0.2, 0.25) is 0 Å². The van der Waals surface area contributed by atoms with Crippen LogP contribution in [-0.2, 0) is 9.53 Å². The Hall–Kier alpha value is -0.991. The van der Waals surface area contributed by atoms with Crippen molar-refractivity contribution in [1.29, 1.82) is 0 Å². The standard InChI is InChI=1S/C12H11O2.3CH3.Sn/c1-3-7-12(14-10(2)13)11-8-5-4-6-9-11;;;;/h4-6,8-9,12H,1H2,2H3;3*1H3;. The Labute approximate surface area is 113 Å². The number of rotatable bonds is 4. The Balaban J connectivity index is 3.22. The Morgan fingerprint density at radius 3 is 2.22 bits per heavy atom. The van der Waals surface area contributed by atoms with Crippen LogP contribution in [0.5, 0.6) is 0 Å². The zero-order chi connectivity index (χ0) is 13.8. The quantitative estimate of drug-likeness (QED) is 0.468. The van der Waals surface area contributed by atoms with E-state index in [2.05, 4.69) is 27.1 Å². The molecule has 0 radical (unpaired) electrons. The fourth-order valence-corrected chi connectivity index (χ4v) is 6.24. The first-order valence-electron chi connectivity index (χ1n) is 5.99. The van der Waals surface area contributed by atoms with E-state index in [4.69, 9.17) is 4.74 Å². The molecular weight excluding hydrogens is 331 g/mol. The SMILES string of the molecule is C=C=[C](C(OC(C)=O)c1ccccc1)[Sn]([CH3])([CH3])[CH3]. The van der Waals surface area contributed by atoms with Gasteiger partial charge in [0.1, 0.15) is 0 Å². The predicted octanol–water partition coefficient (Wildman–Crippen LogP) is 3.88. The molecule has 0 aromatic heterocycles. The molecule has 96 valence electrons. The Kier molecular flexibility index (Phi) is 5.24. The number of hydrogen-bond donors (Lipinski definition) is 0. The van der Waals surface area contributed by atoms with Gasteiger partial charge in [0, 0.05) is 0 Å². The second kappa shape index (κ2) is 6.26. The molecule has 0 bridgehead atoms. The first kappa shape index (κ1) is 15.1.